The van der Waals surface area contributed by atoms with Crippen molar-refractivity contribution in [3.8, 4) is 6.08 Å². The number of hydrogen-bond acceptors (Lipinski definition) is 5. The van der Waals surface area contributed by atoms with Crippen molar-refractivity contribution in [1.29, 1.82) is 0 Å². The fraction of sp³-hybridized carbons (Fsp3) is 0.667. The topological polar surface area (TPSA) is 61.6 Å². The first-order valence-electron chi connectivity index (χ1n) is 5.68. The molecule has 0 atom stereocenters. The Kier molecular flexibility index (Phi) is 4.54. The Hall–Kier alpha value is -1.52. The monoisotopic (exact) mass is 241 g/mol. The maximum absolute atomic E-state index is 11.3. The smallest absolute Gasteiger partial charge is 0.394 e. The average Bonchev–Trinajstić information content (AvgIpc) is 2.65. The molecule has 0 bridgehead atoms. The first-order valence-corrected chi connectivity index (χ1v) is 5.68. The van der Waals surface area contributed by atoms with Gasteiger partial charge in [0.2, 0.25) is 0 Å². The van der Waals surface area contributed by atoms with E-state index in [0.717, 1.165) is 6.42 Å². The van der Waals surface area contributed by atoms with Gasteiger partial charge in [0.1, 0.15) is 6.26 Å². The van der Waals surface area contributed by atoms with Gasteiger partial charge in [0.25, 0.3) is 0 Å². The summed E-state index contributed by atoms with van der Waals surface area (Å²) in [6.07, 6.45) is 2.23. The Balaban J connectivity index is 2.43. The summed E-state index contributed by atoms with van der Waals surface area (Å²) in [6, 6.07) is 0. The standard InChI is InChI=1S/C12H19NO4/c1-5-15-10(14)9-8-17-11(13-9)16-7-6-12(2,3)4/h8H,5-7H2,1-4H3. The summed E-state index contributed by atoms with van der Waals surface area (Å²) in [7, 11) is 0. The van der Waals surface area contributed by atoms with Gasteiger partial charge in [-0.3, -0.25) is 0 Å². The van der Waals surface area contributed by atoms with Gasteiger partial charge >= 0.3 is 12.0 Å². The van der Waals surface area contributed by atoms with E-state index in [0.29, 0.717) is 13.2 Å². The van der Waals surface area contributed by atoms with Crippen LogP contribution in [0.25, 0.3) is 0 Å². The fourth-order valence-corrected chi connectivity index (χ4v) is 1.07. The number of nitrogens with zero attached hydrogens (tertiary/aromatic N) is 1. The molecule has 0 saturated heterocycles. The Labute approximate surface area is 101 Å². The van der Waals surface area contributed by atoms with Crippen molar-refractivity contribution in [2.75, 3.05) is 13.2 Å². The highest BCUT2D eigenvalue weighted by atomic mass is 16.6. The quantitative estimate of drug-likeness (QED) is 0.741. The Morgan fingerprint density at radius 1 is 1.47 bits per heavy atom. The molecule has 0 unspecified atom stereocenters. The van der Waals surface area contributed by atoms with Gasteiger partial charge in [-0.1, -0.05) is 20.8 Å². The summed E-state index contributed by atoms with van der Waals surface area (Å²) < 4.78 is 15.1. The van der Waals surface area contributed by atoms with E-state index in [1.54, 1.807) is 6.92 Å². The van der Waals surface area contributed by atoms with Gasteiger partial charge in [0.05, 0.1) is 13.2 Å². The molecule has 1 aromatic rings. The van der Waals surface area contributed by atoms with Crippen molar-refractivity contribution in [3.63, 3.8) is 0 Å². The number of hydrogen-bond donors (Lipinski definition) is 0. The van der Waals surface area contributed by atoms with Gasteiger partial charge in [0, 0.05) is 0 Å². The van der Waals surface area contributed by atoms with Crippen LogP contribution in [0.15, 0.2) is 10.7 Å². The van der Waals surface area contributed by atoms with Crippen molar-refractivity contribution in [2.45, 2.75) is 34.1 Å². The van der Waals surface area contributed by atoms with E-state index in [1.807, 2.05) is 0 Å². The molecule has 0 aromatic carbocycles. The zero-order valence-electron chi connectivity index (χ0n) is 10.8. The van der Waals surface area contributed by atoms with Crippen LogP contribution in [0.3, 0.4) is 0 Å². The van der Waals surface area contributed by atoms with E-state index in [4.69, 9.17) is 13.9 Å². The number of carbonyl (C=O) groups excluding carboxylic acids is 1. The summed E-state index contributed by atoms with van der Waals surface area (Å²) in [5.74, 6) is -0.498. The third kappa shape index (κ3) is 4.89. The molecule has 0 aliphatic carbocycles. The zero-order valence-corrected chi connectivity index (χ0v) is 10.8. The summed E-state index contributed by atoms with van der Waals surface area (Å²) in [5.41, 5.74) is 0.328. The van der Waals surface area contributed by atoms with Gasteiger partial charge in [-0.25, -0.2) is 4.79 Å². The number of esters is 1. The minimum atomic E-state index is -0.498. The third-order valence-electron chi connectivity index (χ3n) is 2.05. The van der Waals surface area contributed by atoms with E-state index in [-0.39, 0.29) is 17.2 Å². The van der Waals surface area contributed by atoms with Crippen molar-refractivity contribution < 1.29 is 18.7 Å². The summed E-state index contributed by atoms with van der Waals surface area (Å²) in [4.78, 5) is 15.2. The molecule has 0 N–H and O–H groups in total. The number of rotatable bonds is 5. The van der Waals surface area contributed by atoms with E-state index in [9.17, 15) is 4.79 Å². The van der Waals surface area contributed by atoms with E-state index in [2.05, 4.69) is 25.8 Å². The Morgan fingerprint density at radius 3 is 2.76 bits per heavy atom. The molecular weight excluding hydrogens is 222 g/mol. The molecule has 0 aliphatic heterocycles. The Bertz CT molecular complexity index is 365. The molecule has 1 rings (SSSR count). The van der Waals surface area contributed by atoms with Gasteiger partial charge in [0.15, 0.2) is 5.69 Å². The summed E-state index contributed by atoms with van der Waals surface area (Å²) in [6.45, 7) is 8.92. The average molecular weight is 241 g/mol. The molecule has 5 heteroatoms. The van der Waals surface area contributed by atoms with E-state index < -0.39 is 5.97 Å². The lowest BCUT2D eigenvalue weighted by atomic mass is 9.93. The molecule has 0 fully saturated rings. The van der Waals surface area contributed by atoms with E-state index >= 15 is 0 Å². The molecule has 0 saturated carbocycles. The van der Waals surface area contributed by atoms with Crippen LogP contribution in [-0.2, 0) is 4.74 Å². The van der Waals surface area contributed by atoms with Crippen molar-refractivity contribution in [3.05, 3.63) is 12.0 Å². The first-order chi connectivity index (χ1) is 7.92. The van der Waals surface area contributed by atoms with Crippen LogP contribution >= 0.6 is 0 Å². The minimum absolute atomic E-state index is 0.109. The lowest BCUT2D eigenvalue weighted by Gasteiger charge is -2.16. The van der Waals surface area contributed by atoms with Crippen LogP contribution in [0, 0.1) is 5.41 Å². The number of aromatic nitrogens is 1. The molecule has 0 amide bonds. The van der Waals surface area contributed by atoms with Gasteiger partial charge in [-0.2, -0.15) is 4.98 Å². The molecule has 0 spiro atoms. The second kappa shape index (κ2) is 5.70. The maximum Gasteiger partial charge on any atom is 0.394 e. The normalized spacial score (nSPS) is 11.3. The van der Waals surface area contributed by atoms with Crippen LogP contribution in [-0.4, -0.2) is 24.2 Å². The fourth-order valence-electron chi connectivity index (χ4n) is 1.07. The van der Waals surface area contributed by atoms with E-state index in [1.165, 1.54) is 6.26 Å². The Morgan fingerprint density at radius 2 is 2.18 bits per heavy atom. The molecular formula is C12H19NO4. The molecule has 1 heterocycles. The lowest BCUT2D eigenvalue weighted by molar-refractivity contribution is 0.0519. The van der Waals surface area contributed by atoms with Crippen LogP contribution in [0.4, 0.5) is 0 Å². The molecule has 5 nitrogen and oxygen atoms in total. The largest absolute Gasteiger partial charge is 0.461 e. The van der Waals surface area contributed by atoms with Crippen LogP contribution in [0.2, 0.25) is 0 Å². The highest BCUT2D eigenvalue weighted by molar-refractivity contribution is 5.86. The van der Waals surface area contributed by atoms with Crippen molar-refractivity contribution in [2.24, 2.45) is 5.41 Å². The number of ether oxygens (including phenoxy) is 2. The number of oxazole rings is 1. The van der Waals surface area contributed by atoms with Gasteiger partial charge in [-0.15, -0.1) is 0 Å². The summed E-state index contributed by atoms with van der Waals surface area (Å²) >= 11 is 0. The van der Waals surface area contributed by atoms with Crippen molar-refractivity contribution in [1.82, 2.24) is 4.98 Å². The SMILES string of the molecule is CCOC(=O)c1coc(OCCC(C)(C)C)n1. The minimum Gasteiger partial charge on any atom is -0.461 e. The highest BCUT2D eigenvalue weighted by Crippen LogP contribution is 2.19. The predicted octanol–water partition coefficient (Wildman–Crippen LogP) is 2.67. The molecule has 0 radical (unpaired) electrons. The van der Waals surface area contributed by atoms with Gasteiger partial charge in [-0.05, 0) is 18.8 Å². The third-order valence-corrected chi connectivity index (χ3v) is 2.05. The number of carbonyl (C=O) groups is 1. The van der Waals surface area contributed by atoms with Crippen LogP contribution in [0.1, 0.15) is 44.6 Å². The molecule has 17 heavy (non-hydrogen) atoms. The van der Waals surface area contributed by atoms with Gasteiger partial charge < -0.3 is 13.9 Å². The second-order valence-electron chi connectivity index (χ2n) is 4.88. The second-order valence-corrected chi connectivity index (χ2v) is 4.88. The van der Waals surface area contributed by atoms with Crippen molar-refractivity contribution >= 4 is 5.97 Å². The van der Waals surface area contributed by atoms with Crippen LogP contribution < -0.4 is 4.74 Å². The molecule has 1 aromatic heterocycles. The highest BCUT2D eigenvalue weighted by Gasteiger charge is 2.15. The first kappa shape index (κ1) is 13.5. The summed E-state index contributed by atoms with van der Waals surface area (Å²) in [5, 5.41) is 0. The lowest BCUT2D eigenvalue weighted by Crippen LogP contribution is -2.11. The maximum atomic E-state index is 11.3. The predicted molar refractivity (Wildman–Crippen MR) is 62.0 cm³/mol. The molecule has 96 valence electrons. The molecule has 0 aliphatic rings. The van der Waals surface area contributed by atoms with Crippen LogP contribution in [0.5, 0.6) is 6.08 Å². The zero-order chi connectivity index (χ0) is 12.9.